The van der Waals surface area contributed by atoms with Crippen LogP contribution in [0.4, 0.5) is 0 Å². The minimum absolute atomic E-state index is 0.885. The number of hydrogen-bond donors (Lipinski definition) is 0. The summed E-state index contributed by atoms with van der Waals surface area (Å²) in [6, 6.07) is 0. The zero-order chi connectivity index (χ0) is 15.2. The summed E-state index contributed by atoms with van der Waals surface area (Å²) < 4.78 is 0. The van der Waals surface area contributed by atoms with Gasteiger partial charge in [-0.1, -0.05) is 112 Å². The standard InChI is InChI=1S/C20H42/c1-6-7-8-9-14-19(4)15-10-11-16-20(5)17-12-13-18(2)3/h18-20H,6-17H2,1-5H3. The molecule has 0 spiro atoms. The van der Waals surface area contributed by atoms with Crippen molar-refractivity contribution in [2.24, 2.45) is 17.8 Å². The maximum Gasteiger partial charge on any atom is -0.0443 e. The summed E-state index contributed by atoms with van der Waals surface area (Å²) in [5.41, 5.74) is 0. The van der Waals surface area contributed by atoms with E-state index < -0.39 is 0 Å². The molecule has 0 aromatic carbocycles. The van der Waals surface area contributed by atoms with Crippen LogP contribution in [0, 0.1) is 17.8 Å². The first-order valence-electron chi connectivity index (χ1n) is 9.56. The monoisotopic (exact) mass is 282 g/mol. The Morgan fingerprint density at radius 3 is 1.40 bits per heavy atom. The molecular weight excluding hydrogens is 240 g/mol. The van der Waals surface area contributed by atoms with Gasteiger partial charge in [0, 0.05) is 0 Å². The van der Waals surface area contributed by atoms with Crippen molar-refractivity contribution >= 4 is 0 Å². The Hall–Kier alpha value is 0. The molecule has 2 atom stereocenters. The molecule has 0 heteroatoms. The van der Waals surface area contributed by atoms with Crippen LogP contribution in [0.5, 0.6) is 0 Å². The average Bonchev–Trinajstić information content (AvgIpc) is 2.39. The maximum atomic E-state index is 2.46. The molecule has 0 N–H and O–H groups in total. The van der Waals surface area contributed by atoms with Crippen LogP contribution in [0.15, 0.2) is 0 Å². The zero-order valence-electron chi connectivity index (χ0n) is 15.2. The van der Waals surface area contributed by atoms with E-state index in [4.69, 9.17) is 0 Å². The topological polar surface area (TPSA) is 0 Å². The predicted molar refractivity (Wildman–Crippen MR) is 94.2 cm³/mol. The van der Waals surface area contributed by atoms with Crippen molar-refractivity contribution in [3.05, 3.63) is 0 Å². The smallest absolute Gasteiger partial charge is 0.0443 e. The Bertz CT molecular complexity index is 182. The van der Waals surface area contributed by atoms with Crippen LogP contribution < -0.4 is 0 Å². The Balaban J connectivity index is 3.32. The number of unbranched alkanes of at least 4 members (excludes halogenated alkanes) is 4. The molecule has 0 nitrogen and oxygen atoms in total. The van der Waals surface area contributed by atoms with E-state index in [2.05, 4.69) is 34.6 Å². The SMILES string of the molecule is CCCCCCC(C)CCCCC(C)CCCC(C)C. The Morgan fingerprint density at radius 2 is 0.950 bits per heavy atom. The van der Waals surface area contributed by atoms with Crippen LogP contribution >= 0.6 is 0 Å². The van der Waals surface area contributed by atoms with Gasteiger partial charge in [-0.3, -0.25) is 0 Å². The van der Waals surface area contributed by atoms with Gasteiger partial charge in [0.1, 0.15) is 0 Å². The summed E-state index contributed by atoms with van der Waals surface area (Å²) in [7, 11) is 0. The van der Waals surface area contributed by atoms with E-state index in [9.17, 15) is 0 Å². The summed E-state index contributed by atoms with van der Waals surface area (Å²) in [4.78, 5) is 0. The fraction of sp³-hybridized carbons (Fsp3) is 1.00. The highest BCUT2D eigenvalue weighted by atomic mass is 14.1. The lowest BCUT2D eigenvalue weighted by atomic mass is 9.92. The van der Waals surface area contributed by atoms with Crippen LogP contribution in [0.3, 0.4) is 0 Å². The van der Waals surface area contributed by atoms with Crippen molar-refractivity contribution in [1.29, 1.82) is 0 Å². The molecule has 20 heavy (non-hydrogen) atoms. The molecule has 0 radical (unpaired) electrons. The van der Waals surface area contributed by atoms with E-state index >= 15 is 0 Å². The van der Waals surface area contributed by atoms with Gasteiger partial charge in [-0.2, -0.15) is 0 Å². The summed E-state index contributed by atoms with van der Waals surface area (Å²) >= 11 is 0. The minimum Gasteiger partial charge on any atom is -0.0654 e. The van der Waals surface area contributed by atoms with Crippen molar-refractivity contribution in [3.8, 4) is 0 Å². The molecule has 0 aliphatic carbocycles. The average molecular weight is 283 g/mol. The van der Waals surface area contributed by atoms with Gasteiger partial charge >= 0.3 is 0 Å². The second-order valence-corrected chi connectivity index (χ2v) is 7.67. The van der Waals surface area contributed by atoms with Gasteiger partial charge in [-0.25, -0.2) is 0 Å². The summed E-state index contributed by atoms with van der Waals surface area (Å²) in [6.07, 6.45) is 17.3. The first kappa shape index (κ1) is 20.0. The van der Waals surface area contributed by atoms with Gasteiger partial charge in [-0.05, 0) is 17.8 Å². The Morgan fingerprint density at radius 1 is 0.500 bits per heavy atom. The molecule has 0 fully saturated rings. The molecule has 2 unspecified atom stereocenters. The first-order chi connectivity index (χ1) is 9.56. The molecule has 0 aromatic heterocycles. The highest BCUT2D eigenvalue weighted by molar-refractivity contribution is 4.59. The first-order valence-corrected chi connectivity index (χ1v) is 9.56. The van der Waals surface area contributed by atoms with Gasteiger partial charge < -0.3 is 0 Å². The molecule has 0 aromatic rings. The second kappa shape index (κ2) is 14.0. The minimum atomic E-state index is 0.885. The van der Waals surface area contributed by atoms with Gasteiger partial charge in [0.05, 0.1) is 0 Å². The lowest BCUT2D eigenvalue weighted by molar-refractivity contribution is 0.395. The molecule has 0 aliphatic heterocycles. The largest absolute Gasteiger partial charge is 0.0654 e. The fourth-order valence-corrected chi connectivity index (χ4v) is 3.07. The highest BCUT2D eigenvalue weighted by Gasteiger charge is 2.05. The quantitative estimate of drug-likeness (QED) is 0.287. The molecule has 0 amide bonds. The van der Waals surface area contributed by atoms with E-state index in [0.717, 1.165) is 17.8 Å². The van der Waals surface area contributed by atoms with Crippen LogP contribution in [0.2, 0.25) is 0 Å². The molecular formula is C20H42. The van der Waals surface area contributed by atoms with E-state index in [1.165, 1.54) is 77.0 Å². The third-order valence-electron chi connectivity index (χ3n) is 4.67. The molecule has 0 saturated heterocycles. The fourth-order valence-electron chi connectivity index (χ4n) is 3.07. The van der Waals surface area contributed by atoms with E-state index in [0.29, 0.717) is 0 Å². The third-order valence-corrected chi connectivity index (χ3v) is 4.67. The van der Waals surface area contributed by atoms with Gasteiger partial charge in [-0.15, -0.1) is 0 Å². The molecule has 0 saturated carbocycles. The summed E-state index contributed by atoms with van der Waals surface area (Å²) in [6.45, 7) is 11.9. The highest BCUT2D eigenvalue weighted by Crippen LogP contribution is 2.21. The molecule has 0 rings (SSSR count). The van der Waals surface area contributed by atoms with Crippen LogP contribution in [0.25, 0.3) is 0 Å². The zero-order valence-corrected chi connectivity index (χ0v) is 15.2. The molecule has 0 bridgehead atoms. The van der Waals surface area contributed by atoms with Crippen molar-refractivity contribution in [1.82, 2.24) is 0 Å². The number of hydrogen-bond acceptors (Lipinski definition) is 0. The Labute approximate surface area is 130 Å². The van der Waals surface area contributed by atoms with E-state index in [-0.39, 0.29) is 0 Å². The van der Waals surface area contributed by atoms with Crippen molar-refractivity contribution in [2.45, 2.75) is 112 Å². The lowest BCUT2D eigenvalue weighted by Gasteiger charge is -2.14. The second-order valence-electron chi connectivity index (χ2n) is 7.67. The van der Waals surface area contributed by atoms with Crippen molar-refractivity contribution in [2.75, 3.05) is 0 Å². The van der Waals surface area contributed by atoms with Crippen molar-refractivity contribution in [3.63, 3.8) is 0 Å². The summed E-state index contributed by atoms with van der Waals surface area (Å²) in [5, 5.41) is 0. The lowest BCUT2D eigenvalue weighted by Crippen LogP contribution is -1.99. The van der Waals surface area contributed by atoms with Gasteiger partial charge in [0.15, 0.2) is 0 Å². The van der Waals surface area contributed by atoms with Crippen molar-refractivity contribution < 1.29 is 0 Å². The summed E-state index contributed by atoms with van der Waals surface area (Å²) in [5.74, 6) is 2.80. The predicted octanol–water partition coefficient (Wildman–Crippen LogP) is 7.62. The van der Waals surface area contributed by atoms with E-state index in [1.54, 1.807) is 0 Å². The van der Waals surface area contributed by atoms with Gasteiger partial charge in [0.25, 0.3) is 0 Å². The van der Waals surface area contributed by atoms with E-state index in [1.807, 2.05) is 0 Å². The Kier molecular flexibility index (Phi) is 14.0. The molecule has 0 aliphatic rings. The molecule has 122 valence electrons. The number of rotatable bonds is 14. The third kappa shape index (κ3) is 14.4. The van der Waals surface area contributed by atoms with Crippen LogP contribution in [-0.4, -0.2) is 0 Å². The van der Waals surface area contributed by atoms with Gasteiger partial charge in [0.2, 0.25) is 0 Å². The molecule has 0 heterocycles. The maximum absolute atomic E-state index is 2.46. The normalized spacial score (nSPS) is 14.7. The van der Waals surface area contributed by atoms with Crippen LogP contribution in [0.1, 0.15) is 112 Å². The van der Waals surface area contributed by atoms with Crippen LogP contribution in [-0.2, 0) is 0 Å².